The Morgan fingerprint density at radius 3 is 2.52 bits per heavy atom. The van der Waals surface area contributed by atoms with E-state index in [2.05, 4.69) is 15.1 Å². The Morgan fingerprint density at radius 1 is 1.13 bits per heavy atom. The Kier molecular flexibility index (Phi) is 13.4. The third-order valence-electron chi connectivity index (χ3n) is 9.73. The van der Waals surface area contributed by atoms with Gasteiger partial charge < -0.3 is 24.6 Å². The first-order chi connectivity index (χ1) is 22.0. The molecule has 1 unspecified atom stereocenters. The number of esters is 1. The minimum atomic E-state index is -1.45. The van der Waals surface area contributed by atoms with Crippen molar-refractivity contribution >= 4 is 12.1 Å². The lowest BCUT2D eigenvalue weighted by atomic mass is 9.88. The van der Waals surface area contributed by atoms with Crippen LogP contribution in [0.1, 0.15) is 97.1 Å². The molecule has 0 radical (unpaired) electrons. The maximum atomic E-state index is 13.4. The molecule has 3 aliphatic rings. The van der Waals surface area contributed by atoms with Crippen molar-refractivity contribution in [2.75, 3.05) is 26.2 Å². The standard InChI is InChI=1S/C36H54N4O6/c1-26(31-15-10-20-37-38-31)11-9-12-27(2)34-28(3)16-17-32(36(4,44)19-18-30(41)25-33(42)46-34)45-35(43)40-23-21-39(22-24-40)29-13-7-5-6-8-14-29/h9-12,15-17,20,26,28-30,32,34,41,44H,5-8,13-14,18-19,21-25H2,1-4H3/b11-9+,17-16+,27-12+/t26?,28-,30-,32+,34+,36-/m0/s1. The van der Waals surface area contributed by atoms with E-state index in [0.29, 0.717) is 19.1 Å². The average Bonchev–Trinajstić information content (AvgIpc) is 3.34. The second kappa shape index (κ2) is 17.2. The monoisotopic (exact) mass is 638 g/mol. The van der Waals surface area contributed by atoms with Gasteiger partial charge in [-0.15, -0.1) is 0 Å². The van der Waals surface area contributed by atoms with Crippen LogP contribution in [0.5, 0.6) is 0 Å². The minimum Gasteiger partial charge on any atom is -0.457 e. The van der Waals surface area contributed by atoms with Crippen molar-refractivity contribution in [3.8, 4) is 0 Å². The number of aliphatic hydroxyl groups excluding tert-OH is 1. The summed E-state index contributed by atoms with van der Waals surface area (Å²) in [6.45, 7) is 10.3. The highest BCUT2D eigenvalue weighted by Crippen LogP contribution is 2.28. The lowest BCUT2D eigenvalue weighted by Crippen LogP contribution is -2.53. The SMILES string of the molecule is C/C(=C\C=C\C(C)c1cccnn1)[C@H]1OC(=O)C[C@@H](O)CC[C@](C)(O)[C@H](OC(=O)N2CCN(C3CCCCCC3)CC2)/C=C/[C@@H]1C. The highest BCUT2D eigenvalue weighted by atomic mass is 16.6. The molecule has 2 aliphatic heterocycles. The molecule has 4 rings (SSSR count). The lowest BCUT2D eigenvalue weighted by Gasteiger charge is -2.40. The van der Waals surface area contributed by atoms with Crippen LogP contribution in [0.15, 0.2) is 54.3 Å². The van der Waals surface area contributed by atoms with E-state index < -0.39 is 36.0 Å². The molecule has 0 bridgehead atoms. The van der Waals surface area contributed by atoms with Crippen molar-refractivity contribution in [2.24, 2.45) is 5.92 Å². The zero-order chi connectivity index (χ0) is 33.1. The number of carbonyl (C=O) groups is 2. The van der Waals surface area contributed by atoms with E-state index >= 15 is 0 Å². The van der Waals surface area contributed by atoms with Crippen molar-refractivity contribution in [1.29, 1.82) is 0 Å². The summed E-state index contributed by atoms with van der Waals surface area (Å²) in [5.74, 6) is -0.766. The van der Waals surface area contributed by atoms with Crippen LogP contribution in [0.4, 0.5) is 4.79 Å². The van der Waals surface area contributed by atoms with Crippen LogP contribution in [-0.4, -0.2) is 98.4 Å². The maximum absolute atomic E-state index is 13.4. The summed E-state index contributed by atoms with van der Waals surface area (Å²) in [4.78, 5) is 30.5. The molecule has 3 heterocycles. The second-order valence-electron chi connectivity index (χ2n) is 13.6. The summed E-state index contributed by atoms with van der Waals surface area (Å²) in [7, 11) is 0. The number of nitrogens with zero attached hydrogens (tertiary/aromatic N) is 4. The number of allylic oxidation sites excluding steroid dienone is 3. The van der Waals surface area contributed by atoms with Crippen LogP contribution in [0.25, 0.3) is 0 Å². The molecule has 1 amide bonds. The molecular weight excluding hydrogens is 584 g/mol. The summed E-state index contributed by atoms with van der Waals surface area (Å²) in [6.07, 6.45) is 15.7. The second-order valence-corrected chi connectivity index (χ2v) is 13.6. The van der Waals surface area contributed by atoms with Crippen LogP contribution in [0.2, 0.25) is 0 Å². The number of hydrogen-bond donors (Lipinski definition) is 2. The third-order valence-corrected chi connectivity index (χ3v) is 9.73. The summed E-state index contributed by atoms with van der Waals surface area (Å²) in [5, 5.41) is 30.2. The zero-order valence-corrected chi connectivity index (χ0v) is 28.1. The van der Waals surface area contributed by atoms with Gasteiger partial charge in [0.15, 0.2) is 6.10 Å². The highest BCUT2D eigenvalue weighted by molar-refractivity contribution is 5.70. The Morgan fingerprint density at radius 2 is 1.85 bits per heavy atom. The normalized spacial score (nSPS) is 31.3. The van der Waals surface area contributed by atoms with Crippen molar-refractivity contribution in [2.45, 2.75) is 121 Å². The van der Waals surface area contributed by atoms with E-state index in [1.54, 1.807) is 24.1 Å². The van der Waals surface area contributed by atoms with E-state index in [4.69, 9.17) is 9.47 Å². The van der Waals surface area contributed by atoms with Crippen LogP contribution in [-0.2, 0) is 14.3 Å². The van der Waals surface area contributed by atoms with Crippen LogP contribution >= 0.6 is 0 Å². The fraction of sp³-hybridized carbons (Fsp3) is 0.667. The Hall–Kier alpha value is -3.08. The number of amides is 1. The van der Waals surface area contributed by atoms with Gasteiger partial charge in [0.1, 0.15) is 11.7 Å². The number of carbonyl (C=O) groups excluding carboxylic acids is 2. The molecule has 0 spiro atoms. The van der Waals surface area contributed by atoms with Gasteiger partial charge in [-0.3, -0.25) is 9.69 Å². The first kappa shape index (κ1) is 35.8. The fourth-order valence-electron chi connectivity index (χ4n) is 6.65. The molecular formula is C36H54N4O6. The maximum Gasteiger partial charge on any atom is 0.410 e. The molecule has 10 nitrogen and oxygen atoms in total. The fourth-order valence-corrected chi connectivity index (χ4v) is 6.65. The number of hydrogen-bond acceptors (Lipinski definition) is 9. The number of aliphatic hydroxyl groups is 2. The molecule has 6 atom stereocenters. The number of cyclic esters (lactones) is 1. The predicted molar refractivity (Wildman–Crippen MR) is 177 cm³/mol. The van der Waals surface area contributed by atoms with Gasteiger partial charge >= 0.3 is 12.1 Å². The van der Waals surface area contributed by atoms with Gasteiger partial charge in [0.25, 0.3) is 0 Å². The van der Waals surface area contributed by atoms with Gasteiger partial charge in [-0.2, -0.15) is 10.2 Å². The largest absolute Gasteiger partial charge is 0.457 e. The van der Waals surface area contributed by atoms with Gasteiger partial charge in [-0.05, 0) is 63.3 Å². The first-order valence-electron chi connectivity index (χ1n) is 17.1. The zero-order valence-electron chi connectivity index (χ0n) is 28.1. The predicted octanol–water partition coefficient (Wildman–Crippen LogP) is 5.33. The Labute approximate surface area is 274 Å². The average molecular weight is 639 g/mol. The minimum absolute atomic E-state index is 0.0431. The summed E-state index contributed by atoms with van der Waals surface area (Å²) in [6, 6.07) is 4.36. The highest BCUT2D eigenvalue weighted by Gasteiger charge is 2.37. The number of ether oxygens (including phenoxy) is 2. The molecule has 254 valence electrons. The molecule has 1 aromatic rings. The van der Waals surface area contributed by atoms with Crippen LogP contribution < -0.4 is 0 Å². The topological polar surface area (TPSA) is 125 Å². The van der Waals surface area contributed by atoms with Gasteiger partial charge in [-0.1, -0.05) is 63.8 Å². The molecule has 1 saturated heterocycles. The van der Waals surface area contributed by atoms with Crippen LogP contribution in [0, 0.1) is 5.92 Å². The quantitative estimate of drug-likeness (QED) is 0.184. The number of aromatic nitrogens is 2. The van der Waals surface area contributed by atoms with E-state index in [1.807, 2.05) is 57.2 Å². The van der Waals surface area contributed by atoms with Crippen LogP contribution in [0.3, 0.4) is 0 Å². The summed E-state index contributed by atoms with van der Waals surface area (Å²) in [5.41, 5.74) is 0.214. The number of rotatable bonds is 6. The van der Waals surface area contributed by atoms with Crippen molar-refractivity contribution in [3.63, 3.8) is 0 Å². The van der Waals surface area contributed by atoms with E-state index in [1.165, 1.54) is 38.5 Å². The van der Waals surface area contributed by atoms with E-state index in [0.717, 1.165) is 24.4 Å². The van der Waals surface area contributed by atoms with E-state index in [9.17, 15) is 19.8 Å². The summed E-state index contributed by atoms with van der Waals surface area (Å²) >= 11 is 0. The van der Waals surface area contributed by atoms with Gasteiger partial charge in [-0.25, -0.2) is 4.79 Å². The van der Waals surface area contributed by atoms with E-state index in [-0.39, 0.29) is 31.1 Å². The molecule has 10 heteroatoms. The van der Waals surface area contributed by atoms with Gasteiger partial charge in [0.2, 0.25) is 0 Å². The molecule has 1 aliphatic carbocycles. The summed E-state index contributed by atoms with van der Waals surface area (Å²) < 4.78 is 11.9. The molecule has 46 heavy (non-hydrogen) atoms. The molecule has 2 N–H and O–H groups in total. The lowest BCUT2D eigenvalue weighted by molar-refractivity contribution is -0.151. The first-order valence-corrected chi connectivity index (χ1v) is 17.1. The van der Waals surface area contributed by atoms with Gasteiger partial charge in [0.05, 0.1) is 18.2 Å². The van der Waals surface area contributed by atoms with Crippen molar-refractivity contribution in [1.82, 2.24) is 20.0 Å². The Bertz CT molecular complexity index is 1200. The molecule has 0 aromatic carbocycles. The third kappa shape index (κ3) is 10.5. The van der Waals surface area contributed by atoms with Crippen molar-refractivity contribution < 1.29 is 29.3 Å². The smallest absolute Gasteiger partial charge is 0.410 e. The number of piperazine rings is 1. The molecule has 1 saturated carbocycles. The molecule has 1 aromatic heterocycles. The Balaban J connectivity index is 1.45. The molecule has 2 fully saturated rings. The van der Waals surface area contributed by atoms with Crippen molar-refractivity contribution in [3.05, 3.63) is 60.0 Å². The van der Waals surface area contributed by atoms with Gasteiger partial charge in [0, 0.05) is 50.3 Å².